The number of pyridine rings is 1. The van der Waals surface area contributed by atoms with Crippen LogP contribution in [0.4, 0.5) is 16.2 Å². The van der Waals surface area contributed by atoms with Crippen LogP contribution in [-0.4, -0.2) is 55.3 Å². The molecule has 3 aromatic rings. The summed E-state index contributed by atoms with van der Waals surface area (Å²) in [5.74, 6) is -1.02. The van der Waals surface area contributed by atoms with Crippen molar-refractivity contribution in [3.05, 3.63) is 47.1 Å². The molecule has 0 aliphatic carbocycles. The molecule has 1 aliphatic heterocycles. The number of anilines is 2. The van der Waals surface area contributed by atoms with Crippen LogP contribution in [0.2, 0.25) is 0 Å². The van der Waals surface area contributed by atoms with Crippen LogP contribution in [0.5, 0.6) is 0 Å². The van der Waals surface area contributed by atoms with E-state index in [9.17, 15) is 19.4 Å². The molecule has 0 bridgehead atoms. The summed E-state index contributed by atoms with van der Waals surface area (Å²) in [7, 11) is 0. The van der Waals surface area contributed by atoms with Gasteiger partial charge in [0.05, 0.1) is 23.9 Å². The summed E-state index contributed by atoms with van der Waals surface area (Å²) in [5, 5.41) is 22.3. The minimum atomic E-state index is -1.14. The number of nitrogens with zero attached hydrogens (tertiary/aromatic N) is 5. The van der Waals surface area contributed by atoms with Gasteiger partial charge in [0.1, 0.15) is 15.7 Å². The number of aromatic nitrogens is 4. The third-order valence-corrected chi connectivity index (χ3v) is 5.84. The second-order valence-electron chi connectivity index (χ2n) is 6.75. The van der Waals surface area contributed by atoms with Gasteiger partial charge in [0.25, 0.3) is 0 Å². The van der Waals surface area contributed by atoms with E-state index in [2.05, 4.69) is 25.3 Å². The number of thiazole rings is 1. The van der Waals surface area contributed by atoms with Gasteiger partial charge in [0.15, 0.2) is 0 Å². The largest absolute Gasteiger partial charge is 0.477 e. The van der Waals surface area contributed by atoms with Crippen LogP contribution in [0.1, 0.15) is 28.2 Å². The fourth-order valence-corrected chi connectivity index (χ4v) is 4.10. The van der Waals surface area contributed by atoms with Crippen LogP contribution in [0.15, 0.2) is 30.6 Å². The molecule has 11 heteroatoms. The number of carboxylic acids is 1. The molecule has 0 spiro atoms. The summed E-state index contributed by atoms with van der Waals surface area (Å²) in [5.41, 5.74) is 0.411. The molecule has 4 heterocycles. The Morgan fingerprint density at radius 2 is 1.97 bits per heavy atom. The maximum absolute atomic E-state index is 14.8. The van der Waals surface area contributed by atoms with E-state index in [1.165, 1.54) is 0 Å². The van der Waals surface area contributed by atoms with Crippen molar-refractivity contribution in [3.8, 4) is 10.6 Å². The average Bonchev–Trinajstić information content (AvgIpc) is 3.18. The second-order valence-corrected chi connectivity index (χ2v) is 7.75. The zero-order chi connectivity index (χ0) is 21.1. The lowest BCUT2D eigenvalue weighted by Crippen LogP contribution is -2.36. The minimum Gasteiger partial charge on any atom is -0.477 e. The summed E-state index contributed by atoms with van der Waals surface area (Å²) < 4.78 is 14.8. The first-order valence-corrected chi connectivity index (χ1v) is 10.2. The Labute approximate surface area is 175 Å². The van der Waals surface area contributed by atoms with Crippen molar-refractivity contribution in [2.45, 2.75) is 25.5 Å². The number of carbonyl (C=O) groups is 1. The van der Waals surface area contributed by atoms with E-state index in [1.54, 1.807) is 30.6 Å². The molecular formula is C19H19FN6O3S. The van der Waals surface area contributed by atoms with Crippen molar-refractivity contribution in [1.29, 1.82) is 0 Å². The molecule has 3 aromatic heterocycles. The zero-order valence-corrected chi connectivity index (χ0v) is 16.6. The molecule has 0 unspecified atom stereocenters. The molecule has 1 saturated heterocycles. The summed E-state index contributed by atoms with van der Waals surface area (Å²) in [6.07, 6.45) is 4.02. The number of nitrogens with one attached hydrogen (secondary N) is 1. The van der Waals surface area contributed by atoms with Crippen molar-refractivity contribution in [1.82, 2.24) is 19.9 Å². The van der Waals surface area contributed by atoms with Crippen LogP contribution in [0, 0.1) is 5.95 Å². The van der Waals surface area contributed by atoms with Gasteiger partial charge in [-0.15, -0.1) is 11.3 Å². The van der Waals surface area contributed by atoms with Crippen LogP contribution in [-0.2, 0) is 6.54 Å². The van der Waals surface area contributed by atoms with E-state index >= 15 is 0 Å². The Balaban J connectivity index is 1.56. The lowest BCUT2D eigenvalue weighted by molar-refractivity contribution is 0.0700. The highest BCUT2D eigenvalue weighted by atomic mass is 32.1. The van der Waals surface area contributed by atoms with Gasteiger partial charge in [-0.3, -0.25) is 0 Å². The maximum Gasteiger partial charge on any atom is 0.347 e. The van der Waals surface area contributed by atoms with Gasteiger partial charge in [0, 0.05) is 25.5 Å². The number of hydrogen-bond donors (Lipinski definition) is 3. The summed E-state index contributed by atoms with van der Waals surface area (Å²) >= 11 is 0.894. The van der Waals surface area contributed by atoms with Gasteiger partial charge < -0.3 is 20.4 Å². The quantitative estimate of drug-likeness (QED) is 0.506. The number of rotatable bonds is 6. The SMILES string of the molecule is O=C(O)c1sc(-c2ccc(N3CCC(O)CC3)nc2F)nc1CNc1ncccn1. The topological polar surface area (TPSA) is 124 Å². The maximum atomic E-state index is 14.8. The Morgan fingerprint density at radius 1 is 1.23 bits per heavy atom. The number of hydrogen-bond acceptors (Lipinski definition) is 9. The fourth-order valence-electron chi connectivity index (χ4n) is 3.16. The number of aliphatic hydroxyl groups excluding tert-OH is 1. The molecule has 0 aromatic carbocycles. The predicted molar refractivity (Wildman–Crippen MR) is 109 cm³/mol. The molecular weight excluding hydrogens is 411 g/mol. The number of halogens is 1. The van der Waals surface area contributed by atoms with Crippen molar-refractivity contribution >= 4 is 29.1 Å². The van der Waals surface area contributed by atoms with E-state index in [4.69, 9.17) is 0 Å². The highest BCUT2D eigenvalue weighted by Gasteiger charge is 2.23. The van der Waals surface area contributed by atoms with Crippen molar-refractivity contribution in [3.63, 3.8) is 0 Å². The number of aromatic carboxylic acids is 1. The summed E-state index contributed by atoms with van der Waals surface area (Å²) in [4.78, 5) is 30.0. The van der Waals surface area contributed by atoms with Gasteiger partial charge in [-0.2, -0.15) is 4.39 Å². The fraction of sp³-hybridized carbons (Fsp3) is 0.316. The van der Waals surface area contributed by atoms with Crippen LogP contribution >= 0.6 is 11.3 Å². The molecule has 0 amide bonds. The highest BCUT2D eigenvalue weighted by Crippen LogP contribution is 2.31. The normalized spacial score (nSPS) is 14.7. The van der Waals surface area contributed by atoms with E-state index in [-0.39, 0.29) is 33.8 Å². The van der Waals surface area contributed by atoms with Gasteiger partial charge in [-0.1, -0.05) is 0 Å². The molecule has 4 rings (SSSR count). The third kappa shape index (κ3) is 4.36. The van der Waals surface area contributed by atoms with Gasteiger partial charge in [0.2, 0.25) is 11.9 Å². The lowest BCUT2D eigenvalue weighted by atomic mass is 10.1. The van der Waals surface area contributed by atoms with Crippen LogP contribution in [0.25, 0.3) is 10.6 Å². The number of piperidine rings is 1. The molecule has 30 heavy (non-hydrogen) atoms. The van der Waals surface area contributed by atoms with Crippen molar-refractivity contribution < 1.29 is 19.4 Å². The molecule has 0 atom stereocenters. The first-order valence-electron chi connectivity index (χ1n) is 9.35. The summed E-state index contributed by atoms with van der Waals surface area (Å²) in [6, 6.07) is 4.92. The molecule has 1 aliphatic rings. The Hall–Kier alpha value is -3.18. The van der Waals surface area contributed by atoms with E-state index in [1.807, 2.05) is 4.90 Å². The highest BCUT2D eigenvalue weighted by molar-refractivity contribution is 7.17. The summed E-state index contributed by atoms with van der Waals surface area (Å²) in [6.45, 7) is 1.29. The molecule has 9 nitrogen and oxygen atoms in total. The molecule has 3 N–H and O–H groups in total. The van der Waals surface area contributed by atoms with Gasteiger partial charge >= 0.3 is 5.97 Å². The molecule has 0 radical (unpaired) electrons. The van der Waals surface area contributed by atoms with E-state index in [0.29, 0.717) is 37.7 Å². The molecule has 156 valence electrons. The van der Waals surface area contributed by atoms with Gasteiger partial charge in [-0.05, 0) is 31.0 Å². The zero-order valence-electron chi connectivity index (χ0n) is 15.8. The molecule has 0 saturated carbocycles. The van der Waals surface area contributed by atoms with Crippen molar-refractivity contribution in [2.24, 2.45) is 0 Å². The Morgan fingerprint density at radius 3 is 2.63 bits per heavy atom. The Bertz CT molecular complexity index is 1040. The number of aliphatic hydroxyl groups is 1. The van der Waals surface area contributed by atoms with Crippen LogP contribution in [0.3, 0.4) is 0 Å². The molecule has 1 fully saturated rings. The van der Waals surface area contributed by atoms with Gasteiger partial charge in [-0.25, -0.2) is 24.7 Å². The standard InChI is InChI=1S/C19H19FN6O3S/c20-16-12(2-3-14(25-16)26-8-4-11(27)5-9-26)17-24-13(15(30-17)18(28)29)10-23-19-21-6-1-7-22-19/h1-3,6-7,11,27H,4-5,8-10H2,(H,28,29)(H,21,22,23). The lowest BCUT2D eigenvalue weighted by Gasteiger charge is -2.30. The predicted octanol–water partition coefficient (Wildman–Crippen LogP) is 2.41. The average molecular weight is 430 g/mol. The number of carboxylic acid groups (broad SMARTS) is 1. The van der Waals surface area contributed by atoms with E-state index < -0.39 is 11.9 Å². The minimum absolute atomic E-state index is 0.0157. The second kappa shape index (κ2) is 8.67. The first-order chi connectivity index (χ1) is 14.5. The smallest absolute Gasteiger partial charge is 0.347 e. The van der Waals surface area contributed by atoms with E-state index in [0.717, 1.165) is 11.3 Å². The monoisotopic (exact) mass is 430 g/mol. The Kier molecular flexibility index (Phi) is 5.81. The first kappa shape index (κ1) is 20.1. The van der Waals surface area contributed by atoms with Crippen molar-refractivity contribution in [2.75, 3.05) is 23.3 Å². The third-order valence-electron chi connectivity index (χ3n) is 4.72. The van der Waals surface area contributed by atoms with Crippen LogP contribution < -0.4 is 10.2 Å².